The van der Waals surface area contributed by atoms with Crippen LogP contribution in [0.5, 0.6) is 0 Å². The smallest absolute Gasteiger partial charge is 0.255 e. The SMILES string of the molecule is Cc1cccc(C(=O)N2CCCC3CCCC32)c1I. The number of rotatable bonds is 1. The fourth-order valence-corrected chi connectivity index (χ4v) is 4.26. The molecule has 1 saturated carbocycles. The van der Waals surface area contributed by atoms with Gasteiger partial charge in [-0.05, 0) is 72.7 Å². The minimum Gasteiger partial charge on any atom is -0.335 e. The van der Waals surface area contributed by atoms with E-state index in [1.807, 2.05) is 12.1 Å². The summed E-state index contributed by atoms with van der Waals surface area (Å²) in [5.41, 5.74) is 2.10. The second-order valence-electron chi connectivity index (χ2n) is 5.84. The molecule has 1 aliphatic carbocycles. The highest BCUT2D eigenvalue weighted by Gasteiger charge is 2.37. The quantitative estimate of drug-likeness (QED) is 0.686. The number of benzene rings is 1. The third kappa shape index (κ3) is 2.41. The van der Waals surface area contributed by atoms with E-state index in [-0.39, 0.29) is 5.91 Å². The van der Waals surface area contributed by atoms with E-state index in [1.54, 1.807) is 0 Å². The average molecular weight is 369 g/mol. The maximum atomic E-state index is 12.8. The normalized spacial score (nSPS) is 26.3. The van der Waals surface area contributed by atoms with E-state index >= 15 is 0 Å². The predicted octanol–water partition coefficient (Wildman–Crippen LogP) is 4.00. The van der Waals surface area contributed by atoms with Crippen LogP contribution in [-0.4, -0.2) is 23.4 Å². The highest BCUT2D eigenvalue weighted by Crippen LogP contribution is 2.37. The number of hydrogen-bond donors (Lipinski definition) is 0. The van der Waals surface area contributed by atoms with Gasteiger partial charge >= 0.3 is 0 Å². The van der Waals surface area contributed by atoms with Gasteiger partial charge in [0.25, 0.3) is 5.91 Å². The predicted molar refractivity (Wildman–Crippen MR) is 85.3 cm³/mol. The number of likely N-dealkylation sites (tertiary alicyclic amines) is 1. The van der Waals surface area contributed by atoms with Gasteiger partial charge in [0.1, 0.15) is 0 Å². The van der Waals surface area contributed by atoms with Crippen molar-refractivity contribution in [2.75, 3.05) is 6.54 Å². The van der Waals surface area contributed by atoms with Crippen molar-refractivity contribution in [3.8, 4) is 0 Å². The summed E-state index contributed by atoms with van der Waals surface area (Å²) >= 11 is 2.31. The summed E-state index contributed by atoms with van der Waals surface area (Å²) in [5, 5.41) is 0. The lowest BCUT2D eigenvalue weighted by Crippen LogP contribution is -2.46. The molecule has 1 aliphatic heterocycles. The molecule has 0 spiro atoms. The number of hydrogen-bond acceptors (Lipinski definition) is 1. The maximum Gasteiger partial charge on any atom is 0.255 e. The number of carbonyl (C=O) groups excluding carboxylic acids is 1. The Kier molecular flexibility index (Phi) is 3.83. The summed E-state index contributed by atoms with van der Waals surface area (Å²) in [7, 11) is 0. The Balaban J connectivity index is 1.88. The molecule has 102 valence electrons. The Morgan fingerprint density at radius 3 is 2.89 bits per heavy atom. The van der Waals surface area contributed by atoms with Crippen LogP contribution in [0.4, 0.5) is 0 Å². The highest BCUT2D eigenvalue weighted by molar-refractivity contribution is 14.1. The second kappa shape index (κ2) is 5.43. The van der Waals surface area contributed by atoms with E-state index in [4.69, 9.17) is 0 Å². The van der Waals surface area contributed by atoms with Crippen molar-refractivity contribution in [1.82, 2.24) is 4.90 Å². The van der Waals surface area contributed by atoms with Crippen molar-refractivity contribution in [2.45, 2.75) is 45.1 Å². The molecule has 1 aromatic carbocycles. The van der Waals surface area contributed by atoms with Gasteiger partial charge in [-0.25, -0.2) is 0 Å². The van der Waals surface area contributed by atoms with Gasteiger partial charge in [0.2, 0.25) is 0 Å². The minimum absolute atomic E-state index is 0.254. The van der Waals surface area contributed by atoms with Crippen LogP contribution in [0.1, 0.15) is 48.0 Å². The van der Waals surface area contributed by atoms with Crippen molar-refractivity contribution in [3.63, 3.8) is 0 Å². The summed E-state index contributed by atoms with van der Waals surface area (Å²) in [6, 6.07) is 6.57. The topological polar surface area (TPSA) is 20.3 Å². The first-order chi connectivity index (χ1) is 9.18. The van der Waals surface area contributed by atoms with Gasteiger partial charge in [0.05, 0.1) is 5.56 Å². The van der Waals surface area contributed by atoms with Crippen molar-refractivity contribution in [3.05, 3.63) is 32.9 Å². The van der Waals surface area contributed by atoms with Gasteiger partial charge in [-0.3, -0.25) is 4.79 Å². The third-order valence-electron chi connectivity index (χ3n) is 4.68. The molecule has 2 atom stereocenters. The number of aryl methyl sites for hydroxylation is 1. The van der Waals surface area contributed by atoms with Crippen molar-refractivity contribution in [1.29, 1.82) is 0 Å². The molecule has 2 aliphatic rings. The van der Waals surface area contributed by atoms with E-state index in [0.29, 0.717) is 6.04 Å². The van der Waals surface area contributed by atoms with E-state index in [1.165, 1.54) is 37.7 Å². The second-order valence-corrected chi connectivity index (χ2v) is 6.91. The summed E-state index contributed by atoms with van der Waals surface area (Å²) in [5.74, 6) is 1.02. The van der Waals surface area contributed by atoms with E-state index < -0.39 is 0 Å². The number of halogens is 1. The van der Waals surface area contributed by atoms with Crippen LogP contribution >= 0.6 is 22.6 Å². The molecule has 1 saturated heterocycles. The molecule has 1 aromatic rings. The minimum atomic E-state index is 0.254. The largest absolute Gasteiger partial charge is 0.335 e. The maximum absolute atomic E-state index is 12.8. The van der Waals surface area contributed by atoms with Crippen LogP contribution < -0.4 is 0 Å². The van der Waals surface area contributed by atoms with Gasteiger partial charge < -0.3 is 4.90 Å². The molecule has 3 heteroatoms. The fraction of sp³-hybridized carbons (Fsp3) is 0.562. The van der Waals surface area contributed by atoms with Gasteiger partial charge in [0.15, 0.2) is 0 Å². The average Bonchev–Trinajstić information content (AvgIpc) is 2.89. The van der Waals surface area contributed by atoms with Crippen LogP contribution in [0, 0.1) is 16.4 Å². The Hall–Kier alpha value is -0.580. The first-order valence-corrected chi connectivity index (χ1v) is 8.32. The van der Waals surface area contributed by atoms with Crippen LogP contribution in [-0.2, 0) is 0 Å². The molecule has 0 aromatic heterocycles. The molecular formula is C16H20INO. The zero-order valence-electron chi connectivity index (χ0n) is 11.4. The molecule has 0 bridgehead atoms. The van der Waals surface area contributed by atoms with Gasteiger partial charge in [-0.15, -0.1) is 0 Å². The Bertz CT molecular complexity index is 500. The standard InChI is InChI=1S/C16H20INO/c1-11-5-2-8-13(15(11)17)16(19)18-10-4-7-12-6-3-9-14(12)18/h2,5,8,12,14H,3-4,6-7,9-10H2,1H3. The van der Waals surface area contributed by atoms with Crippen LogP contribution in [0.3, 0.4) is 0 Å². The van der Waals surface area contributed by atoms with E-state index in [0.717, 1.165) is 21.6 Å². The number of nitrogens with zero attached hydrogens (tertiary/aromatic N) is 1. The monoisotopic (exact) mass is 369 g/mol. The van der Waals surface area contributed by atoms with Crippen molar-refractivity contribution in [2.24, 2.45) is 5.92 Å². The highest BCUT2D eigenvalue weighted by atomic mass is 127. The lowest BCUT2D eigenvalue weighted by molar-refractivity contribution is 0.0547. The van der Waals surface area contributed by atoms with Gasteiger partial charge in [-0.1, -0.05) is 18.6 Å². The number of amides is 1. The Labute approximate surface area is 128 Å². The number of fused-ring (bicyclic) bond motifs is 1. The first kappa shape index (κ1) is 13.4. The van der Waals surface area contributed by atoms with E-state index in [9.17, 15) is 4.79 Å². The van der Waals surface area contributed by atoms with Crippen molar-refractivity contribution < 1.29 is 4.79 Å². The molecule has 0 N–H and O–H groups in total. The third-order valence-corrected chi connectivity index (χ3v) is 6.11. The molecule has 2 fully saturated rings. The van der Waals surface area contributed by atoms with Crippen LogP contribution in [0.25, 0.3) is 0 Å². The molecule has 1 amide bonds. The molecule has 2 nitrogen and oxygen atoms in total. The summed E-state index contributed by atoms with van der Waals surface area (Å²) < 4.78 is 1.12. The molecule has 0 radical (unpaired) electrons. The van der Waals surface area contributed by atoms with Crippen molar-refractivity contribution >= 4 is 28.5 Å². The zero-order chi connectivity index (χ0) is 13.4. The van der Waals surface area contributed by atoms with Gasteiger partial charge in [-0.2, -0.15) is 0 Å². The molecule has 19 heavy (non-hydrogen) atoms. The number of piperidine rings is 1. The van der Waals surface area contributed by atoms with Gasteiger partial charge in [0, 0.05) is 16.2 Å². The zero-order valence-corrected chi connectivity index (χ0v) is 13.5. The lowest BCUT2D eigenvalue weighted by atomic mass is 9.91. The molecular weight excluding hydrogens is 349 g/mol. The van der Waals surface area contributed by atoms with Crippen LogP contribution in [0.15, 0.2) is 18.2 Å². The lowest BCUT2D eigenvalue weighted by Gasteiger charge is -2.38. The Morgan fingerprint density at radius 2 is 2.05 bits per heavy atom. The Morgan fingerprint density at radius 1 is 1.26 bits per heavy atom. The summed E-state index contributed by atoms with van der Waals surface area (Å²) in [4.78, 5) is 15.0. The molecule has 1 heterocycles. The fourth-order valence-electron chi connectivity index (χ4n) is 3.67. The first-order valence-electron chi connectivity index (χ1n) is 7.24. The molecule has 3 rings (SSSR count). The van der Waals surface area contributed by atoms with E-state index in [2.05, 4.69) is 40.5 Å². The summed E-state index contributed by atoms with van der Waals surface area (Å²) in [6.07, 6.45) is 6.32. The molecule has 2 unspecified atom stereocenters. The van der Waals surface area contributed by atoms with Crippen LogP contribution in [0.2, 0.25) is 0 Å². The summed E-state index contributed by atoms with van der Waals surface area (Å²) in [6.45, 7) is 3.02. The number of carbonyl (C=O) groups is 1.